The van der Waals surface area contributed by atoms with Crippen molar-refractivity contribution >= 4 is 0 Å². The minimum atomic E-state index is 0.143. The number of hydrogen-bond donors (Lipinski definition) is 1. The van der Waals surface area contributed by atoms with Crippen LogP contribution in [0.4, 0.5) is 0 Å². The van der Waals surface area contributed by atoms with E-state index in [2.05, 4.69) is 30.3 Å². The highest BCUT2D eigenvalue weighted by molar-refractivity contribution is 5.44. The quantitative estimate of drug-likeness (QED) is 0.684. The first-order valence-electron chi connectivity index (χ1n) is 6.73. The first-order valence-corrected chi connectivity index (χ1v) is 6.73. The van der Waals surface area contributed by atoms with E-state index < -0.39 is 0 Å². The molecule has 1 N–H and O–H groups in total. The van der Waals surface area contributed by atoms with Crippen LogP contribution in [-0.2, 0) is 0 Å². The maximum atomic E-state index is 9.76. The Bertz CT molecular complexity index is 635. The van der Waals surface area contributed by atoms with Crippen molar-refractivity contribution in [2.24, 2.45) is 0 Å². The Kier molecular flexibility index (Phi) is 3.51. The van der Waals surface area contributed by atoms with Crippen molar-refractivity contribution in [3.63, 3.8) is 0 Å². The molecular weight excluding hydrogens is 244 g/mol. The first-order chi connectivity index (χ1) is 9.84. The third-order valence-electron chi connectivity index (χ3n) is 3.47. The second kappa shape index (κ2) is 5.62. The number of phenolic OH excluding ortho intramolecular Hbond substituents is 1. The standard InChI is InChI=1S/C19H16O/c20-18-13-7-12-17(14-18)19(15-8-3-1-4-9-15)16-10-5-2-6-11-16/h1-14,19-20H. The summed E-state index contributed by atoms with van der Waals surface area (Å²) in [5, 5.41) is 9.76. The number of aromatic hydroxyl groups is 1. The molecule has 0 heterocycles. The minimum absolute atomic E-state index is 0.143. The van der Waals surface area contributed by atoms with Gasteiger partial charge < -0.3 is 5.11 Å². The summed E-state index contributed by atoms with van der Waals surface area (Å²) < 4.78 is 0. The van der Waals surface area contributed by atoms with Gasteiger partial charge in [0.15, 0.2) is 0 Å². The van der Waals surface area contributed by atoms with Crippen LogP contribution in [0.15, 0.2) is 84.9 Å². The largest absolute Gasteiger partial charge is 0.508 e. The van der Waals surface area contributed by atoms with Gasteiger partial charge in [-0.3, -0.25) is 0 Å². The second-order valence-corrected chi connectivity index (χ2v) is 4.85. The molecule has 0 bridgehead atoms. The Morgan fingerprint density at radius 2 is 1.05 bits per heavy atom. The molecular formula is C19H16O. The molecule has 1 nitrogen and oxygen atoms in total. The Balaban J connectivity index is 2.14. The van der Waals surface area contributed by atoms with Gasteiger partial charge in [0, 0.05) is 5.92 Å². The third-order valence-corrected chi connectivity index (χ3v) is 3.47. The van der Waals surface area contributed by atoms with Crippen LogP contribution in [0.3, 0.4) is 0 Å². The Labute approximate surface area is 119 Å². The monoisotopic (exact) mass is 260 g/mol. The summed E-state index contributed by atoms with van der Waals surface area (Å²) in [4.78, 5) is 0. The van der Waals surface area contributed by atoms with Gasteiger partial charge in [0.05, 0.1) is 0 Å². The normalized spacial score (nSPS) is 10.7. The molecule has 0 aliphatic carbocycles. The van der Waals surface area contributed by atoms with Gasteiger partial charge >= 0.3 is 0 Å². The number of hydrogen-bond acceptors (Lipinski definition) is 1. The minimum Gasteiger partial charge on any atom is -0.508 e. The summed E-state index contributed by atoms with van der Waals surface area (Å²) in [7, 11) is 0. The molecule has 0 fully saturated rings. The van der Waals surface area contributed by atoms with Gasteiger partial charge in [-0.25, -0.2) is 0 Å². The van der Waals surface area contributed by atoms with Crippen molar-refractivity contribution in [2.75, 3.05) is 0 Å². The van der Waals surface area contributed by atoms with Gasteiger partial charge in [-0.1, -0.05) is 72.8 Å². The predicted molar refractivity (Wildman–Crippen MR) is 81.9 cm³/mol. The Morgan fingerprint density at radius 1 is 0.550 bits per heavy atom. The molecule has 0 radical (unpaired) electrons. The topological polar surface area (TPSA) is 20.2 Å². The van der Waals surface area contributed by atoms with E-state index in [9.17, 15) is 5.11 Å². The Hall–Kier alpha value is -2.54. The maximum absolute atomic E-state index is 9.76. The molecule has 1 heteroatoms. The summed E-state index contributed by atoms with van der Waals surface area (Å²) in [6, 6.07) is 28.2. The van der Waals surface area contributed by atoms with E-state index in [0.29, 0.717) is 5.75 Å². The molecule has 3 aromatic rings. The summed E-state index contributed by atoms with van der Waals surface area (Å²) in [5.74, 6) is 0.448. The summed E-state index contributed by atoms with van der Waals surface area (Å²) in [5.41, 5.74) is 3.55. The molecule has 20 heavy (non-hydrogen) atoms. The van der Waals surface area contributed by atoms with Crippen molar-refractivity contribution in [1.82, 2.24) is 0 Å². The van der Waals surface area contributed by atoms with Crippen molar-refractivity contribution in [3.8, 4) is 5.75 Å². The summed E-state index contributed by atoms with van der Waals surface area (Å²) >= 11 is 0. The van der Waals surface area contributed by atoms with Gasteiger partial charge in [-0.15, -0.1) is 0 Å². The molecule has 3 aromatic carbocycles. The first kappa shape index (κ1) is 12.5. The van der Waals surface area contributed by atoms with Crippen molar-refractivity contribution in [2.45, 2.75) is 5.92 Å². The molecule has 0 aromatic heterocycles. The van der Waals surface area contributed by atoms with Crippen LogP contribution in [0, 0.1) is 0 Å². The van der Waals surface area contributed by atoms with E-state index in [1.807, 2.05) is 48.5 Å². The summed E-state index contributed by atoms with van der Waals surface area (Å²) in [6.07, 6.45) is 0. The van der Waals surface area contributed by atoms with Crippen LogP contribution in [0.1, 0.15) is 22.6 Å². The number of benzene rings is 3. The van der Waals surface area contributed by atoms with Gasteiger partial charge in [0.1, 0.15) is 5.75 Å². The van der Waals surface area contributed by atoms with Gasteiger partial charge in [-0.05, 0) is 28.8 Å². The van der Waals surface area contributed by atoms with Gasteiger partial charge in [0.25, 0.3) is 0 Å². The second-order valence-electron chi connectivity index (χ2n) is 4.85. The smallest absolute Gasteiger partial charge is 0.115 e. The number of rotatable bonds is 3. The highest BCUT2D eigenvalue weighted by Gasteiger charge is 2.16. The molecule has 98 valence electrons. The summed E-state index contributed by atoms with van der Waals surface area (Å²) in [6.45, 7) is 0. The van der Waals surface area contributed by atoms with Crippen LogP contribution in [0.2, 0.25) is 0 Å². The van der Waals surface area contributed by atoms with Gasteiger partial charge in [-0.2, -0.15) is 0 Å². The van der Waals surface area contributed by atoms with E-state index >= 15 is 0 Å². The Morgan fingerprint density at radius 3 is 1.55 bits per heavy atom. The van der Waals surface area contributed by atoms with Gasteiger partial charge in [0.2, 0.25) is 0 Å². The highest BCUT2D eigenvalue weighted by Crippen LogP contribution is 2.32. The fraction of sp³-hybridized carbons (Fsp3) is 0.0526. The molecule has 0 spiro atoms. The van der Waals surface area contributed by atoms with Crippen LogP contribution >= 0.6 is 0 Å². The lowest BCUT2D eigenvalue weighted by Gasteiger charge is -2.19. The zero-order chi connectivity index (χ0) is 13.8. The van der Waals surface area contributed by atoms with E-state index in [4.69, 9.17) is 0 Å². The maximum Gasteiger partial charge on any atom is 0.115 e. The van der Waals surface area contributed by atoms with Crippen LogP contribution in [-0.4, -0.2) is 5.11 Å². The zero-order valence-electron chi connectivity index (χ0n) is 11.1. The van der Waals surface area contributed by atoms with Crippen molar-refractivity contribution in [1.29, 1.82) is 0 Å². The van der Waals surface area contributed by atoms with Crippen LogP contribution < -0.4 is 0 Å². The zero-order valence-corrected chi connectivity index (χ0v) is 11.1. The van der Waals surface area contributed by atoms with E-state index in [1.54, 1.807) is 6.07 Å². The van der Waals surface area contributed by atoms with Crippen LogP contribution in [0.25, 0.3) is 0 Å². The van der Waals surface area contributed by atoms with E-state index in [0.717, 1.165) is 5.56 Å². The molecule has 0 atom stereocenters. The van der Waals surface area contributed by atoms with Crippen molar-refractivity contribution in [3.05, 3.63) is 102 Å². The molecule has 3 rings (SSSR count). The molecule has 0 aliphatic rings. The average Bonchev–Trinajstić information content (AvgIpc) is 2.50. The molecule has 0 saturated heterocycles. The average molecular weight is 260 g/mol. The molecule has 0 saturated carbocycles. The lowest BCUT2D eigenvalue weighted by Crippen LogP contribution is -2.02. The van der Waals surface area contributed by atoms with E-state index in [1.165, 1.54) is 11.1 Å². The lowest BCUT2D eigenvalue weighted by atomic mass is 9.85. The fourth-order valence-corrected chi connectivity index (χ4v) is 2.57. The highest BCUT2D eigenvalue weighted by atomic mass is 16.3. The lowest BCUT2D eigenvalue weighted by molar-refractivity contribution is 0.474. The van der Waals surface area contributed by atoms with Crippen LogP contribution in [0.5, 0.6) is 5.75 Å². The predicted octanol–water partition coefficient (Wildman–Crippen LogP) is 4.57. The fourth-order valence-electron chi connectivity index (χ4n) is 2.57. The third kappa shape index (κ3) is 2.57. The molecule has 0 aliphatic heterocycles. The molecule has 0 unspecified atom stereocenters. The molecule has 0 amide bonds. The van der Waals surface area contributed by atoms with Crippen molar-refractivity contribution < 1.29 is 5.11 Å². The van der Waals surface area contributed by atoms with E-state index in [-0.39, 0.29) is 5.92 Å². The SMILES string of the molecule is Oc1cccc(C(c2ccccc2)c2ccccc2)c1. The number of phenols is 1.